The van der Waals surface area contributed by atoms with Gasteiger partial charge in [-0.15, -0.1) is 0 Å². The number of rotatable bonds is 3. The van der Waals surface area contributed by atoms with Crippen LogP contribution in [0.25, 0.3) is 10.2 Å². The summed E-state index contributed by atoms with van der Waals surface area (Å²) in [6.45, 7) is 3.84. The molecule has 5 nitrogen and oxygen atoms in total. The summed E-state index contributed by atoms with van der Waals surface area (Å²) >= 11 is 1.63. The lowest BCUT2D eigenvalue weighted by atomic mass is 10.1. The van der Waals surface area contributed by atoms with Crippen molar-refractivity contribution in [1.82, 2.24) is 15.6 Å². The quantitative estimate of drug-likeness (QED) is 0.714. The molecule has 1 atom stereocenters. The van der Waals surface area contributed by atoms with Gasteiger partial charge in [-0.25, -0.2) is 9.37 Å². The smallest absolute Gasteiger partial charge is 0.251 e. The van der Waals surface area contributed by atoms with Crippen molar-refractivity contribution in [3.05, 3.63) is 58.9 Å². The number of hydrogen-bond acceptors (Lipinski definition) is 5. The van der Waals surface area contributed by atoms with Crippen LogP contribution in [0, 0.1) is 5.82 Å². The van der Waals surface area contributed by atoms with E-state index < -0.39 is 0 Å². The Bertz CT molecular complexity index is 1040. The number of thiazole rings is 1. The molecule has 1 aliphatic heterocycles. The molecule has 1 aromatic heterocycles. The molecule has 1 aliphatic carbocycles. The molecule has 2 heterocycles. The van der Waals surface area contributed by atoms with E-state index in [9.17, 15) is 9.18 Å². The summed E-state index contributed by atoms with van der Waals surface area (Å²) in [5, 5.41) is 7.47. The monoisotopic (exact) mass is 396 g/mol. The van der Waals surface area contributed by atoms with Crippen LogP contribution in [0.3, 0.4) is 0 Å². The van der Waals surface area contributed by atoms with Gasteiger partial charge in [-0.1, -0.05) is 17.4 Å². The Balaban J connectivity index is 1.35. The molecular formula is C21H21FN4OS. The Morgan fingerprint density at radius 1 is 1.21 bits per heavy atom. The number of carbonyl (C=O) groups excluding carboxylic acids is 1. The van der Waals surface area contributed by atoms with Crippen molar-refractivity contribution in [2.75, 3.05) is 31.1 Å². The van der Waals surface area contributed by atoms with Gasteiger partial charge in [-0.3, -0.25) is 4.79 Å². The van der Waals surface area contributed by atoms with Crippen LogP contribution in [-0.2, 0) is 6.42 Å². The average molecular weight is 396 g/mol. The standard InChI is InChI=1S/C21H21FN4OS/c22-15-3-4-16-13(11-15)1-5-17(16)24-20(27)14-2-6-18-19(12-14)28-21(25-18)26-9-7-23-8-10-26/h2-4,6,11-12,17,23H,1,5,7-10H2,(H,24,27)/t17-/m0/s1. The minimum atomic E-state index is -0.221. The summed E-state index contributed by atoms with van der Waals surface area (Å²) in [5.41, 5.74) is 3.58. The van der Waals surface area contributed by atoms with Gasteiger partial charge in [0.15, 0.2) is 5.13 Å². The largest absolute Gasteiger partial charge is 0.346 e. The number of carbonyl (C=O) groups is 1. The van der Waals surface area contributed by atoms with Gasteiger partial charge in [0.25, 0.3) is 5.91 Å². The maximum absolute atomic E-state index is 13.4. The fraction of sp³-hybridized carbons (Fsp3) is 0.333. The first-order valence-electron chi connectivity index (χ1n) is 9.63. The number of aryl methyl sites for hydroxylation is 1. The number of nitrogens with zero attached hydrogens (tertiary/aromatic N) is 2. The minimum Gasteiger partial charge on any atom is -0.346 e. The third kappa shape index (κ3) is 3.25. The number of hydrogen-bond donors (Lipinski definition) is 2. The molecule has 1 saturated heterocycles. The highest BCUT2D eigenvalue weighted by atomic mass is 32.1. The summed E-state index contributed by atoms with van der Waals surface area (Å²) in [6, 6.07) is 10.4. The predicted octanol–water partition coefficient (Wildman–Crippen LogP) is 3.26. The van der Waals surface area contributed by atoms with Crippen LogP contribution in [-0.4, -0.2) is 37.1 Å². The third-order valence-electron chi connectivity index (χ3n) is 5.51. The molecule has 1 fully saturated rings. The Morgan fingerprint density at radius 3 is 2.93 bits per heavy atom. The van der Waals surface area contributed by atoms with Crippen molar-refractivity contribution in [2.24, 2.45) is 0 Å². The van der Waals surface area contributed by atoms with Crippen molar-refractivity contribution in [2.45, 2.75) is 18.9 Å². The van der Waals surface area contributed by atoms with Crippen LogP contribution in [0.5, 0.6) is 0 Å². The Morgan fingerprint density at radius 2 is 2.07 bits per heavy atom. The highest BCUT2D eigenvalue weighted by molar-refractivity contribution is 7.22. The van der Waals surface area contributed by atoms with Crippen LogP contribution in [0.4, 0.5) is 9.52 Å². The molecule has 0 unspecified atom stereocenters. The van der Waals surface area contributed by atoms with E-state index in [0.29, 0.717) is 5.56 Å². The van der Waals surface area contributed by atoms with Gasteiger partial charge >= 0.3 is 0 Å². The second kappa shape index (κ2) is 7.14. The number of benzene rings is 2. The van der Waals surface area contributed by atoms with E-state index in [1.54, 1.807) is 23.5 Å². The summed E-state index contributed by atoms with van der Waals surface area (Å²) in [7, 11) is 0. The number of aromatic nitrogens is 1. The average Bonchev–Trinajstić information content (AvgIpc) is 3.32. The van der Waals surface area contributed by atoms with Crippen LogP contribution in [0.15, 0.2) is 36.4 Å². The van der Waals surface area contributed by atoms with E-state index in [0.717, 1.165) is 65.5 Å². The molecule has 28 heavy (non-hydrogen) atoms. The normalized spacial score (nSPS) is 19.0. The summed E-state index contributed by atoms with van der Waals surface area (Å²) in [5.74, 6) is -0.317. The van der Waals surface area contributed by atoms with Crippen molar-refractivity contribution in [3.63, 3.8) is 0 Å². The first-order chi connectivity index (χ1) is 13.7. The van der Waals surface area contributed by atoms with Gasteiger partial charge in [0.05, 0.1) is 16.3 Å². The van der Waals surface area contributed by atoms with E-state index in [2.05, 4.69) is 15.5 Å². The number of nitrogens with one attached hydrogen (secondary N) is 2. The van der Waals surface area contributed by atoms with E-state index in [1.807, 2.05) is 18.2 Å². The Hall–Kier alpha value is -2.51. The summed E-state index contributed by atoms with van der Waals surface area (Å²) in [4.78, 5) is 19.8. The van der Waals surface area contributed by atoms with Crippen molar-refractivity contribution in [1.29, 1.82) is 0 Å². The molecule has 2 aliphatic rings. The molecule has 7 heteroatoms. The van der Waals surface area contributed by atoms with Gasteiger partial charge in [-0.05, 0) is 54.3 Å². The van der Waals surface area contributed by atoms with Gasteiger partial charge in [0.1, 0.15) is 5.82 Å². The number of halogens is 1. The van der Waals surface area contributed by atoms with E-state index in [4.69, 9.17) is 4.98 Å². The van der Waals surface area contributed by atoms with Gasteiger partial charge < -0.3 is 15.5 Å². The molecule has 5 rings (SSSR count). The third-order valence-corrected chi connectivity index (χ3v) is 6.59. The first-order valence-corrected chi connectivity index (χ1v) is 10.4. The molecular weight excluding hydrogens is 375 g/mol. The molecule has 0 saturated carbocycles. The molecule has 0 radical (unpaired) electrons. The maximum Gasteiger partial charge on any atom is 0.251 e. The second-order valence-corrected chi connectivity index (χ2v) is 8.33. The highest BCUT2D eigenvalue weighted by Crippen LogP contribution is 2.33. The van der Waals surface area contributed by atoms with Crippen LogP contribution in [0.2, 0.25) is 0 Å². The molecule has 0 spiro atoms. The number of fused-ring (bicyclic) bond motifs is 2. The van der Waals surface area contributed by atoms with Gasteiger partial charge in [0.2, 0.25) is 0 Å². The molecule has 0 bridgehead atoms. The van der Waals surface area contributed by atoms with E-state index in [-0.39, 0.29) is 17.8 Å². The molecule has 144 valence electrons. The lowest BCUT2D eigenvalue weighted by Gasteiger charge is -2.26. The number of amides is 1. The Labute approximate surface area is 166 Å². The maximum atomic E-state index is 13.4. The van der Waals surface area contributed by atoms with Crippen molar-refractivity contribution < 1.29 is 9.18 Å². The van der Waals surface area contributed by atoms with Crippen LogP contribution < -0.4 is 15.5 Å². The van der Waals surface area contributed by atoms with Crippen LogP contribution >= 0.6 is 11.3 Å². The van der Waals surface area contributed by atoms with Crippen LogP contribution in [0.1, 0.15) is 33.9 Å². The zero-order chi connectivity index (χ0) is 19.1. The summed E-state index contributed by atoms with van der Waals surface area (Å²) < 4.78 is 14.4. The SMILES string of the molecule is O=C(N[C@H]1CCc2cc(F)ccc21)c1ccc2nc(N3CCNCC3)sc2c1. The van der Waals surface area contributed by atoms with E-state index in [1.165, 1.54) is 6.07 Å². The molecule has 2 aromatic carbocycles. The lowest BCUT2D eigenvalue weighted by Crippen LogP contribution is -2.43. The zero-order valence-electron chi connectivity index (χ0n) is 15.4. The molecule has 1 amide bonds. The fourth-order valence-electron chi connectivity index (χ4n) is 4.02. The number of anilines is 1. The zero-order valence-corrected chi connectivity index (χ0v) is 16.2. The molecule has 3 aromatic rings. The highest BCUT2D eigenvalue weighted by Gasteiger charge is 2.25. The van der Waals surface area contributed by atoms with Gasteiger partial charge in [0, 0.05) is 31.7 Å². The van der Waals surface area contributed by atoms with Crippen molar-refractivity contribution >= 4 is 32.6 Å². The van der Waals surface area contributed by atoms with Gasteiger partial charge in [-0.2, -0.15) is 0 Å². The Kier molecular flexibility index (Phi) is 4.49. The summed E-state index contributed by atoms with van der Waals surface area (Å²) in [6.07, 6.45) is 1.60. The predicted molar refractivity (Wildman–Crippen MR) is 110 cm³/mol. The molecule has 2 N–H and O–H groups in total. The second-order valence-electron chi connectivity index (χ2n) is 7.32. The first kappa shape index (κ1) is 17.6. The fourth-order valence-corrected chi connectivity index (χ4v) is 5.08. The topological polar surface area (TPSA) is 57.3 Å². The number of piperazine rings is 1. The minimum absolute atomic E-state index is 0.0586. The van der Waals surface area contributed by atoms with E-state index >= 15 is 0 Å². The van der Waals surface area contributed by atoms with Crippen molar-refractivity contribution in [3.8, 4) is 0 Å². The lowest BCUT2D eigenvalue weighted by molar-refractivity contribution is 0.0937.